The lowest BCUT2D eigenvalue weighted by Gasteiger charge is -2.14. The van der Waals surface area contributed by atoms with Gasteiger partial charge in [0.15, 0.2) is 0 Å². The Balaban J connectivity index is 1.75. The van der Waals surface area contributed by atoms with E-state index in [0.717, 1.165) is 28.2 Å². The molecule has 0 bridgehead atoms. The largest absolute Gasteiger partial charge is 0.318 e. The van der Waals surface area contributed by atoms with Gasteiger partial charge in [-0.15, -0.1) is 0 Å². The van der Waals surface area contributed by atoms with Crippen LogP contribution in [0.2, 0.25) is 5.02 Å². The Labute approximate surface area is 174 Å². The molecular formula is C23H20ClN3O2. The predicted molar refractivity (Wildman–Crippen MR) is 115 cm³/mol. The van der Waals surface area contributed by atoms with Gasteiger partial charge in [0.2, 0.25) is 0 Å². The first-order valence-corrected chi connectivity index (χ1v) is 9.63. The van der Waals surface area contributed by atoms with E-state index in [1.807, 2.05) is 63.2 Å². The average molecular weight is 406 g/mol. The number of rotatable bonds is 3. The minimum Gasteiger partial charge on any atom is -0.318 e. The normalized spacial score (nSPS) is 15.3. The van der Waals surface area contributed by atoms with Crippen molar-refractivity contribution in [2.45, 2.75) is 20.8 Å². The molecule has 5 nitrogen and oxygen atoms in total. The van der Waals surface area contributed by atoms with Gasteiger partial charge in [-0.1, -0.05) is 35.9 Å². The van der Waals surface area contributed by atoms with Gasteiger partial charge in [-0.2, -0.15) is 0 Å². The maximum Gasteiger partial charge on any atom is 0.282 e. The number of nitrogens with zero attached hydrogens (tertiary/aromatic N) is 2. The summed E-state index contributed by atoms with van der Waals surface area (Å²) in [5, 5.41) is 1.97. The maximum atomic E-state index is 12.8. The number of hydrogen-bond donors (Lipinski definition) is 1. The summed E-state index contributed by atoms with van der Waals surface area (Å²) in [7, 11) is 0. The van der Waals surface area contributed by atoms with Gasteiger partial charge in [0.25, 0.3) is 11.8 Å². The Morgan fingerprint density at radius 3 is 2.41 bits per heavy atom. The van der Waals surface area contributed by atoms with Crippen molar-refractivity contribution in [2.24, 2.45) is 0 Å². The van der Waals surface area contributed by atoms with Gasteiger partial charge >= 0.3 is 0 Å². The molecule has 1 fully saturated rings. The molecule has 0 unspecified atom stereocenters. The van der Waals surface area contributed by atoms with Crippen LogP contribution in [-0.2, 0) is 9.59 Å². The fourth-order valence-electron chi connectivity index (χ4n) is 3.61. The number of aryl methyl sites for hydroxylation is 1. The number of benzene rings is 2. The molecule has 0 aliphatic carbocycles. The first-order valence-electron chi connectivity index (χ1n) is 9.25. The van der Waals surface area contributed by atoms with E-state index in [-0.39, 0.29) is 11.5 Å². The van der Waals surface area contributed by atoms with Gasteiger partial charge < -0.3 is 4.57 Å². The molecule has 6 heteroatoms. The highest BCUT2D eigenvalue weighted by molar-refractivity contribution is 6.32. The molecule has 1 saturated heterocycles. The van der Waals surface area contributed by atoms with Crippen LogP contribution in [0.5, 0.6) is 0 Å². The summed E-state index contributed by atoms with van der Waals surface area (Å²) in [6, 6.07) is 16.8. The molecular weight excluding hydrogens is 386 g/mol. The summed E-state index contributed by atoms with van der Waals surface area (Å²) in [6.07, 6.45) is 1.65. The van der Waals surface area contributed by atoms with Crippen LogP contribution in [0.15, 0.2) is 60.2 Å². The zero-order chi connectivity index (χ0) is 20.7. The Hall–Kier alpha value is -3.31. The number of hydrazine groups is 1. The number of aromatic nitrogens is 1. The number of carbonyl (C=O) groups excluding carboxylic acids is 2. The van der Waals surface area contributed by atoms with Gasteiger partial charge in [-0.3, -0.25) is 15.0 Å². The minimum atomic E-state index is -0.414. The zero-order valence-corrected chi connectivity index (χ0v) is 17.1. The highest BCUT2D eigenvalue weighted by atomic mass is 35.5. The monoisotopic (exact) mass is 405 g/mol. The molecule has 2 amide bonds. The number of amides is 2. The number of para-hydroxylation sites is 1. The molecule has 4 rings (SSSR count). The average Bonchev–Trinajstić information content (AvgIpc) is 3.15. The van der Waals surface area contributed by atoms with Crippen molar-refractivity contribution in [3.63, 3.8) is 0 Å². The van der Waals surface area contributed by atoms with Crippen LogP contribution in [0, 0.1) is 20.8 Å². The molecule has 0 saturated carbocycles. The number of halogens is 1. The summed E-state index contributed by atoms with van der Waals surface area (Å²) >= 11 is 6.30. The van der Waals surface area contributed by atoms with E-state index >= 15 is 0 Å². The number of nitrogens with one attached hydrogen (secondary N) is 1. The van der Waals surface area contributed by atoms with Crippen LogP contribution in [0.3, 0.4) is 0 Å². The number of hydrogen-bond acceptors (Lipinski definition) is 2. The van der Waals surface area contributed by atoms with E-state index in [9.17, 15) is 9.59 Å². The van der Waals surface area contributed by atoms with Crippen molar-refractivity contribution in [1.82, 2.24) is 9.99 Å². The molecule has 1 aliphatic rings. The van der Waals surface area contributed by atoms with Crippen LogP contribution < -0.4 is 10.4 Å². The van der Waals surface area contributed by atoms with Crippen molar-refractivity contribution in [2.75, 3.05) is 5.01 Å². The van der Waals surface area contributed by atoms with Gasteiger partial charge in [0.05, 0.1) is 5.69 Å². The van der Waals surface area contributed by atoms with E-state index in [1.165, 1.54) is 5.01 Å². The third-order valence-electron chi connectivity index (χ3n) is 5.16. The van der Waals surface area contributed by atoms with Crippen LogP contribution in [0.1, 0.15) is 22.5 Å². The lowest BCUT2D eigenvalue weighted by Crippen LogP contribution is -2.35. The van der Waals surface area contributed by atoms with Gasteiger partial charge in [-0.05, 0) is 68.3 Å². The van der Waals surface area contributed by atoms with E-state index in [0.29, 0.717) is 10.7 Å². The van der Waals surface area contributed by atoms with E-state index in [4.69, 9.17) is 11.6 Å². The summed E-state index contributed by atoms with van der Waals surface area (Å²) in [6.45, 7) is 5.93. The molecule has 1 aliphatic heterocycles. The Bertz CT molecular complexity index is 1160. The highest BCUT2D eigenvalue weighted by Gasteiger charge is 2.34. The maximum absolute atomic E-state index is 12.8. The Morgan fingerprint density at radius 2 is 1.69 bits per heavy atom. The van der Waals surface area contributed by atoms with Crippen molar-refractivity contribution >= 4 is 35.2 Å². The first-order chi connectivity index (χ1) is 13.9. The van der Waals surface area contributed by atoms with Crippen LogP contribution in [-0.4, -0.2) is 16.4 Å². The Morgan fingerprint density at radius 1 is 0.966 bits per heavy atom. The predicted octanol–water partition coefficient (Wildman–Crippen LogP) is 4.52. The second kappa shape index (κ2) is 7.26. The van der Waals surface area contributed by atoms with Crippen molar-refractivity contribution in [3.05, 3.63) is 87.7 Å². The molecule has 1 N–H and O–H groups in total. The molecule has 0 spiro atoms. The molecule has 2 heterocycles. The smallest absolute Gasteiger partial charge is 0.282 e. The first kappa shape index (κ1) is 19.0. The lowest BCUT2D eigenvalue weighted by atomic mass is 10.1. The van der Waals surface area contributed by atoms with Crippen LogP contribution in [0.25, 0.3) is 11.8 Å². The molecule has 29 heavy (non-hydrogen) atoms. The molecule has 0 radical (unpaired) electrons. The zero-order valence-electron chi connectivity index (χ0n) is 16.4. The second-order valence-corrected chi connectivity index (χ2v) is 7.43. The minimum absolute atomic E-state index is 0.108. The second-order valence-electron chi connectivity index (χ2n) is 7.02. The summed E-state index contributed by atoms with van der Waals surface area (Å²) in [4.78, 5) is 25.3. The summed E-state index contributed by atoms with van der Waals surface area (Å²) < 4.78 is 2.08. The van der Waals surface area contributed by atoms with Gasteiger partial charge in [0.1, 0.15) is 5.57 Å². The summed E-state index contributed by atoms with van der Waals surface area (Å²) in [5.41, 5.74) is 8.05. The van der Waals surface area contributed by atoms with E-state index < -0.39 is 5.91 Å². The third-order valence-corrected chi connectivity index (χ3v) is 5.57. The number of carbonyl (C=O) groups is 2. The van der Waals surface area contributed by atoms with E-state index in [1.54, 1.807) is 18.2 Å². The fraction of sp³-hybridized carbons (Fsp3) is 0.130. The van der Waals surface area contributed by atoms with Crippen molar-refractivity contribution < 1.29 is 9.59 Å². The van der Waals surface area contributed by atoms with E-state index in [2.05, 4.69) is 9.99 Å². The molecule has 146 valence electrons. The van der Waals surface area contributed by atoms with Gasteiger partial charge in [-0.25, -0.2) is 5.01 Å². The third kappa shape index (κ3) is 3.23. The van der Waals surface area contributed by atoms with Crippen LogP contribution >= 0.6 is 11.6 Å². The molecule has 3 aromatic rings. The molecule has 1 aromatic heterocycles. The van der Waals surface area contributed by atoms with Crippen LogP contribution in [0.4, 0.5) is 5.69 Å². The molecule has 0 atom stereocenters. The molecule has 2 aromatic carbocycles. The van der Waals surface area contributed by atoms with Gasteiger partial charge in [0, 0.05) is 22.1 Å². The quantitative estimate of drug-likeness (QED) is 0.514. The number of anilines is 1. The van der Waals surface area contributed by atoms with Crippen molar-refractivity contribution in [1.29, 1.82) is 0 Å². The SMILES string of the molecule is Cc1c(Cl)cccc1-n1c(C)cc(C=C2C(=O)NN(c3ccccc3)C2=O)c1C. The Kier molecular flexibility index (Phi) is 4.76. The standard InChI is InChI=1S/C23H20ClN3O2/c1-14-12-17(16(3)26(14)21-11-7-10-20(24)15(21)2)13-19-22(28)25-27(23(19)29)18-8-5-4-6-9-18/h4-13H,1-3H3,(H,25,28). The summed E-state index contributed by atoms with van der Waals surface area (Å²) in [5.74, 6) is -0.785. The lowest BCUT2D eigenvalue weighted by molar-refractivity contribution is -0.117. The topological polar surface area (TPSA) is 54.3 Å². The van der Waals surface area contributed by atoms with Crippen molar-refractivity contribution in [3.8, 4) is 5.69 Å². The highest BCUT2D eigenvalue weighted by Crippen LogP contribution is 2.29. The fourth-order valence-corrected chi connectivity index (χ4v) is 3.78.